The van der Waals surface area contributed by atoms with Crippen LogP contribution in [0.1, 0.15) is 23.7 Å². The number of nitrogens with zero attached hydrogens (tertiary/aromatic N) is 6. The van der Waals surface area contributed by atoms with Crippen molar-refractivity contribution in [1.82, 2.24) is 28.4 Å². The van der Waals surface area contributed by atoms with E-state index >= 15 is 0 Å². The molecule has 8 rings (SSSR count). The van der Waals surface area contributed by atoms with E-state index in [0.29, 0.717) is 45.0 Å². The van der Waals surface area contributed by atoms with Crippen LogP contribution >= 0.6 is 23.2 Å². The van der Waals surface area contributed by atoms with Crippen LogP contribution in [0.4, 0.5) is 0 Å². The number of carbonyl (C=O) groups excluding carboxylic acids is 2. The van der Waals surface area contributed by atoms with Crippen LogP contribution in [-0.4, -0.2) is 76.3 Å². The number of aromatic hydroxyl groups is 1. The number of phenols is 1. The molecular formula is C35H32Cl2N6O9. The maximum atomic E-state index is 14.2. The zero-order valence-electron chi connectivity index (χ0n) is 28.4. The maximum absolute atomic E-state index is 14.2. The highest BCUT2D eigenvalue weighted by Gasteiger charge is 2.75. The summed E-state index contributed by atoms with van der Waals surface area (Å²) < 4.78 is 21.6. The number of hydrogen-bond donors (Lipinski definition) is 1. The van der Waals surface area contributed by atoms with Gasteiger partial charge in [-0.2, -0.15) is 0 Å². The molecule has 5 heterocycles. The molecule has 2 aromatic carbocycles. The number of amides is 2. The van der Waals surface area contributed by atoms with E-state index in [-0.39, 0.29) is 43.8 Å². The fourth-order valence-corrected chi connectivity index (χ4v) is 9.16. The molecule has 0 radical (unpaired) electrons. The Kier molecular flexibility index (Phi) is 7.56. The number of aryl methyl sites for hydroxylation is 2. The fourth-order valence-electron chi connectivity index (χ4n) is 8.15. The van der Waals surface area contributed by atoms with E-state index in [4.69, 9.17) is 37.4 Å². The van der Waals surface area contributed by atoms with E-state index in [1.54, 1.807) is 31.3 Å². The van der Waals surface area contributed by atoms with Crippen molar-refractivity contribution >= 4 is 46.0 Å². The smallest absolute Gasteiger partial charge is 0.347 e. The molecule has 0 unspecified atom stereocenters. The number of alkyl halides is 2. The molecule has 17 heteroatoms. The lowest BCUT2D eigenvalue weighted by atomic mass is 9.63. The molecular weight excluding hydrogens is 719 g/mol. The van der Waals surface area contributed by atoms with Crippen molar-refractivity contribution in [2.24, 2.45) is 13.0 Å². The SMILES string of the molecule is COc1cc2nc(CCn3c(=O)n4n(c3=O)[C@@H]3C[C@@]5(Cl)C(=O)N(C)C(=O)[C@@]5(Cl)[C@@H](C5=COc6ccc(O)cc6C5)C3=CC4)c(=O)n(C)c2cc1OC. The van der Waals surface area contributed by atoms with Crippen molar-refractivity contribution in [3.8, 4) is 23.0 Å². The van der Waals surface area contributed by atoms with E-state index < -0.39 is 50.5 Å². The first kappa shape index (κ1) is 33.8. The minimum Gasteiger partial charge on any atom is -0.508 e. The normalized spacial score (nSPS) is 24.8. The molecule has 15 nitrogen and oxygen atoms in total. The number of ether oxygens (including phenoxy) is 3. The van der Waals surface area contributed by atoms with Crippen LogP contribution in [0.15, 0.2) is 68.2 Å². The average Bonchev–Trinajstić information content (AvgIpc) is 3.45. The van der Waals surface area contributed by atoms with Gasteiger partial charge >= 0.3 is 11.4 Å². The van der Waals surface area contributed by atoms with Gasteiger partial charge in [-0.15, -0.1) is 23.2 Å². The van der Waals surface area contributed by atoms with E-state index in [1.165, 1.54) is 53.6 Å². The van der Waals surface area contributed by atoms with Crippen molar-refractivity contribution in [1.29, 1.82) is 0 Å². The molecule has 0 bridgehead atoms. The third-order valence-corrected chi connectivity index (χ3v) is 12.1. The van der Waals surface area contributed by atoms with Crippen LogP contribution in [0, 0.1) is 5.92 Å². The lowest BCUT2D eigenvalue weighted by Crippen LogP contribution is -2.61. The van der Waals surface area contributed by atoms with Crippen LogP contribution in [0.2, 0.25) is 0 Å². The highest BCUT2D eigenvalue weighted by molar-refractivity contribution is 6.53. The van der Waals surface area contributed by atoms with Gasteiger partial charge in [-0.1, -0.05) is 6.08 Å². The van der Waals surface area contributed by atoms with Gasteiger partial charge in [0.25, 0.3) is 17.4 Å². The van der Waals surface area contributed by atoms with Crippen LogP contribution < -0.4 is 31.1 Å². The molecule has 2 amide bonds. The highest BCUT2D eigenvalue weighted by Crippen LogP contribution is 2.62. The summed E-state index contributed by atoms with van der Waals surface area (Å²) in [6.45, 7) is -0.227. The molecule has 0 spiro atoms. The largest absolute Gasteiger partial charge is 0.508 e. The monoisotopic (exact) mass is 750 g/mol. The number of imide groups is 1. The molecule has 1 saturated heterocycles. The van der Waals surface area contributed by atoms with Crippen LogP contribution in [0.3, 0.4) is 0 Å². The van der Waals surface area contributed by atoms with Gasteiger partial charge < -0.3 is 23.9 Å². The topological polar surface area (TPSA) is 169 Å². The Bertz CT molecular complexity index is 2510. The lowest BCUT2D eigenvalue weighted by molar-refractivity contribution is -0.137. The number of phenolic OH excluding ortho intramolecular Hbond substituents is 1. The second-order valence-electron chi connectivity index (χ2n) is 13.3. The quantitative estimate of drug-likeness (QED) is 0.175. The standard InChI is InChI=1S/C35H32Cl2N6O9/c1-39-23-14-27(51-4)26(50-3)13-22(23)38-21(29(39)45)8-9-41-32(48)42-10-7-20-24(43(42)33(41)49)15-34(36)30(46)40(2)31(47)35(34,37)28(20)18-11-17-12-19(44)5-6-25(17)52-16-18/h5-7,12-14,16,24,28,44H,8-11,15H2,1-4H3/t24-,28+,34-,35+/m1/s1. The Morgan fingerprint density at radius 2 is 1.73 bits per heavy atom. The number of carbonyl (C=O) groups is 2. The highest BCUT2D eigenvalue weighted by atomic mass is 35.5. The Morgan fingerprint density at radius 1 is 1.00 bits per heavy atom. The number of halogens is 2. The molecule has 1 saturated carbocycles. The number of methoxy groups -OCH3 is 2. The molecule has 270 valence electrons. The van der Waals surface area contributed by atoms with Crippen molar-refractivity contribution in [3.05, 3.63) is 96.4 Å². The predicted octanol–water partition coefficient (Wildman–Crippen LogP) is 2.00. The summed E-state index contributed by atoms with van der Waals surface area (Å²) in [7, 11) is 5.87. The zero-order chi connectivity index (χ0) is 37.0. The van der Waals surface area contributed by atoms with Crippen molar-refractivity contribution in [2.75, 3.05) is 21.3 Å². The molecule has 4 aromatic rings. The van der Waals surface area contributed by atoms with Crippen molar-refractivity contribution < 1.29 is 28.9 Å². The van der Waals surface area contributed by atoms with Gasteiger partial charge in [0, 0.05) is 63.5 Å². The van der Waals surface area contributed by atoms with Gasteiger partial charge in [-0.3, -0.25) is 19.3 Å². The molecule has 2 aromatic heterocycles. The number of hydrogen-bond acceptors (Lipinski definition) is 10. The average molecular weight is 752 g/mol. The van der Waals surface area contributed by atoms with Gasteiger partial charge in [0.15, 0.2) is 21.2 Å². The Morgan fingerprint density at radius 3 is 2.46 bits per heavy atom. The van der Waals surface area contributed by atoms with E-state index in [0.717, 1.165) is 9.47 Å². The van der Waals surface area contributed by atoms with Crippen LogP contribution in [0.5, 0.6) is 23.0 Å². The second kappa shape index (κ2) is 11.6. The molecule has 1 N–H and O–H groups in total. The summed E-state index contributed by atoms with van der Waals surface area (Å²) in [5, 5.41) is 10.2. The maximum Gasteiger partial charge on any atom is 0.347 e. The Hall–Kier alpha value is -5.28. The number of likely N-dealkylation sites (tertiary alicyclic amines) is 1. The second-order valence-corrected chi connectivity index (χ2v) is 14.6. The van der Waals surface area contributed by atoms with Gasteiger partial charge in [0.1, 0.15) is 17.2 Å². The molecule has 1 aliphatic carbocycles. The van der Waals surface area contributed by atoms with Gasteiger partial charge in [0.05, 0.1) is 44.1 Å². The first-order valence-corrected chi connectivity index (χ1v) is 17.1. The van der Waals surface area contributed by atoms with Crippen LogP contribution in [-0.2, 0) is 42.6 Å². The molecule has 2 fully saturated rings. The van der Waals surface area contributed by atoms with Gasteiger partial charge in [0.2, 0.25) is 0 Å². The molecule has 3 aliphatic heterocycles. The number of allylic oxidation sites excluding steroid dienone is 3. The number of rotatable bonds is 6. The van der Waals surface area contributed by atoms with Gasteiger partial charge in [-0.25, -0.2) is 28.5 Å². The predicted molar refractivity (Wildman–Crippen MR) is 187 cm³/mol. The fraction of sp³-hybridized carbons (Fsp3) is 0.371. The van der Waals surface area contributed by atoms with Crippen molar-refractivity contribution in [3.63, 3.8) is 0 Å². The van der Waals surface area contributed by atoms with Crippen LogP contribution in [0.25, 0.3) is 11.0 Å². The third kappa shape index (κ3) is 4.44. The first-order chi connectivity index (χ1) is 24.7. The number of benzene rings is 2. The summed E-state index contributed by atoms with van der Waals surface area (Å²) in [5.74, 6) is -1.11. The molecule has 4 aliphatic rings. The first-order valence-electron chi connectivity index (χ1n) is 16.4. The van der Waals surface area contributed by atoms with Crippen molar-refractivity contribution in [2.45, 2.75) is 48.1 Å². The summed E-state index contributed by atoms with van der Waals surface area (Å²) in [5.41, 5.74) is 0.980. The number of fused-ring (bicyclic) bond motifs is 6. The van der Waals surface area contributed by atoms with E-state index in [1.807, 2.05) is 0 Å². The summed E-state index contributed by atoms with van der Waals surface area (Å²) >= 11 is 14.5. The Balaban J connectivity index is 1.19. The number of aromatic nitrogens is 5. The Labute approximate surface area is 304 Å². The summed E-state index contributed by atoms with van der Waals surface area (Å²) in [6.07, 6.45) is 3.08. The summed E-state index contributed by atoms with van der Waals surface area (Å²) in [4.78, 5) is 70.5. The minimum atomic E-state index is -2.00. The molecule has 52 heavy (non-hydrogen) atoms. The third-order valence-electron chi connectivity index (χ3n) is 10.7. The summed E-state index contributed by atoms with van der Waals surface area (Å²) in [6, 6.07) is 6.96. The molecule has 4 atom stereocenters. The zero-order valence-corrected chi connectivity index (χ0v) is 29.9. The van der Waals surface area contributed by atoms with Gasteiger partial charge in [-0.05, 0) is 29.3 Å². The minimum absolute atomic E-state index is 0.00902. The van der Waals surface area contributed by atoms with E-state index in [9.17, 15) is 29.1 Å². The lowest BCUT2D eigenvalue weighted by Gasteiger charge is -2.49. The van der Waals surface area contributed by atoms with E-state index in [2.05, 4.69) is 4.98 Å².